The number of aryl methyl sites for hydroxylation is 1. The number of rotatable bonds is 7. The van der Waals surface area contributed by atoms with Gasteiger partial charge in [0.05, 0.1) is 18.8 Å². The second kappa shape index (κ2) is 7.75. The highest BCUT2D eigenvalue weighted by Crippen LogP contribution is 2.07. The van der Waals surface area contributed by atoms with E-state index in [1.54, 1.807) is 11.6 Å². The molecule has 1 aromatic rings. The molecule has 1 aromatic heterocycles. The van der Waals surface area contributed by atoms with Crippen LogP contribution >= 0.6 is 0 Å². The lowest BCUT2D eigenvalue weighted by molar-refractivity contribution is -0.121. The molecule has 0 atom stereocenters. The molecule has 0 saturated carbocycles. The summed E-state index contributed by atoms with van der Waals surface area (Å²) in [6.07, 6.45) is 0.295. The van der Waals surface area contributed by atoms with E-state index in [9.17, 15) is 9.59 Å². The van der Waals surface area contributed by atoms with Crippen LogP contribution in [0.4, 0.5) is 0 Å². The van der Waals surface area contributed by atoms with Gasteiger partial charge in [-0.15, -0.1) is 5.10 Å². The van der Waals surface area contributed by atoms with E-state index in [1.807, 2.05) is 27.7 Å². The molecule has 7 nitrogen and oxygen atoms in total. The summed E-state index contributed by atoms with van der Waals surface area (Å²) in [4.78, 5) is 23.4. The molecule has 1 N–H and O–H groups in total. The molecule has 1 amide bonds. The Morgan fingerprint density at radius 2 is 1.95 bits per heavy atom. The summed E-state index contributed by atoms with van der Waals surface area (Å²) < 4.78 is 6.68. The van der Waals surface area contributed by atoms with Crippen molar-refractivity contribution in [3.05, 3.63) is 11.4 Å². The van der Waals surface area contributed by atoms with Gasteiger partial charge in [-0.05, 0) is 26.7 Å². The number of nitrogens with zero attached hydrogens (tertiary/aromatic N) is 3. The normalized spacial score (nSPS) is 11.0. The smallest absolute Gasteiger partial charge is 0.360 e. The Balaban J connectivity index is 2.59. The van der Waals surface area contributed by atoms with Crippen LogP contribution in [0.5, 0.6) is 0 Å². The Labute approximate surface area is 125 Å². The fourth-order valence-electron chi connectivity index (χ4n) is 1.67. The third-order valence-electron chi connectivity index (χ3n) is 2.72. The largest absolute Gasteiger partial charge is 0.461 e. The number of nitrogens with one attached hydrogen (secondary N) is 1. The lowest BCUT2D eigenvalue weighted by atomic mass is 10.2. The van der Waals surface area contributed by atoms with Gasteiger partial charge >= 0.3 is 5.97 Å². The second-order valence-corrected chi connectivity index (χ2v) is 5.71. The zero-order valence-electron chi connectivity index (χ0n) is 13.3. The molecule has 118 valence electrons. The number of hydrogen-bond donors (Lipinski definition) is 1. The van der Waals surface area contributed by atoms with Crippen molar-refractivity contribution in [3.8, 4) is 0 Å². The number of hydrogen-bond acceptors (Lipinski definition) is 5. The third-order valence-corrected chi connectivity index (χ3v) is 2.72. The summed E-state index contributed by atoms with van der Waals surface area (Å²) >= 11 is 0. The molecule has 21 heavy (non-hydrogen) atoms. The number of carbonyl (C=O) groups excluding carboxylic acids is 2. The topological polar surface area (TPSA) is 86.1 Å². The Bertz CT molecular complexity index is 494. The molecule has 0 bridgehead atoms. The molecule has 1 rings (SSSR count). The number of esters is 1. The van der Waals surface area contributed by atoms with Crippen molar-refractivity contribution < 1.29 is 14.3 Å². The third kappa shape index (κ3) is 5.53. The summed E-state index contributed by atoms with van der Waals surface area (Å²) in [6.45, 7) is 10.2. The molecular weight excluding hydrogens is 272 g/mol. The van der Waals surface area contributed by atoms with Crippen LogP contribution in [-0.2, 0) is 16.1 Å². The highest BCUT2D eigenvalue weighted by Gasteiger charge is 2.18. The highest BCUT2D eigenvalue weighted by molar-refractivity contribution is 5.88. The number of ether oxygens (including phenoxy) is 1. The molecule has 0 aliphatic heterocycles. The standard InChI is InChI=1S/C14H24N4O3/c1-9(2)8-21-14(20)13-11(5)18(17-16-13)7-6-12(19)15-10(3)4/h9-10H,6-8H2,1-5H3,(H,15,19). The molecule has 0 unspecified atom stereocenters. The molecule has 0 fully saturated rings. The van der Waals surface area contributed by atoms with Crippen molar-refractivity contribution in [3.63, 3.8) is 0 Å². The van der Waals surface area contributed by atoms with Crippen LogP contribution in [0, 0.1) is 12.8 Å². The average molecular weight is 296 g/mol. The lowest BCUT2D eigenvalue weighted by Gasteiger charge is -2.08. The predicted octanol–water partition coefficient (Wildman–Crippen LogP) is 1.31. The van der Waals surface area contributed by atoms with Crippen LogP contribution in [0.15, 0.2) is 0 Å². The Hall–Kier alpha value is -1.92. The number of carbonyl (C=O) groups is 2. The van der Waals surface area contributed by atoms with Gasteiger partial charge < -0.3 is 10.1 Å². The number of amides is 1. The molecular formula is C14H24N4O3. The first kappa shape index (κ1) is 17.1. The van der Waals surface area contributed by atoms with E-state index in [4.69, 9.17) is 4.74 Å². The molecule has 0 radical (unpaired) electrons. The van der Waals surface area contributed by atoms with Gasteiger partial charge in [-0.2, -0.15) is 0 Å². The van der Waals surface area contributed by atoms with Gasteiger partial charge in [0.15, 0.2) is 5.69 Å². The van der Waals surface area contributed by atoms with Crippen LogP contribution in [-0.4, -0.2) is 39.5 Å². The van der Waals surface area contributed by atoms with Crippen LogP contribution < -0.4 is 5.32 Å². The van der Waals surface area contributed by atoms with Crippen molar-refractivity contribution in [2.45, 2.75) is 53.6 Å². The molecule has 0 aliphatic carbocycles. The Morgan fingerprint density at radius 3 is 2.52 bits per heavy atom. The first-order chi connectivity index (χ1) is 9.81. The maximum absolute atomic E-state index is 11.8. The van der Waals surface area contributed by atoms with Crippen LogP contribution in [0.25, 0.3) is 0 Å². The monoisotopic (exact) mass is 296 g/mol. The first-order valence-corrected chi connectivity index (χ1v) is 7.17. The molecule has 0 aromatic carbocycles. The van der Waals surface area contributed by atoms with Crippen molar-refractivity contribution in [2.75, 3.05) is 6.61 Å². The van der Waals surface area contributed by atoms with Crippen LogP contribution in [0.2, 0.25) is 0 Å². The van der Waals surface area contributed by atoms with E-state index in [-0.39, 0.29) is 23.6 Å². The van der Waals surface area contributed by atoms with Gasteiger partial charge in [-0.3, -0.25) is 4.79 Å². The van der Waals surface area contributed by atoms with E-state index < -0.39 is 5.97 Å². The summed E-state index contributed by atoms with van der Waals surface area (Å²) in [5.41, 5.74) is 0.820. The first-order valence-electron chi connectivity index (χ1n) is 7.17. The van der Waals surface area contributed by atoms with Gasteiger partial charge in [-0.25, -0.2) is 9.48 Å². The van der Waals surface area contributed by atoms with Gasteiger partial charge in [0.25, 0.3) is 0 Å². The SMILES string of the molecule is Cc1c(C(=O)OCC(C)C)nnn1CCC(=O)NC(C)C. The van der Waals surface area contributed by atoms with Gasteiger partial charge in [-0.1, -0.05) is 19.1 Å². The molecule has 0 spiro atoms. The quantitative estimate of drug-likeness (QED) is 0.767. The fraction of sp³-hybridized carbons (Fsp3) is 0.714. The van der Waals surface area contributed by atoms with E-state index in [1.165, 1.54) is 0 Å². The maximum atomic E-state index is 11.8. The van der Waals surface area contributed by atoms with E-state index in [0.717, 1.165) is 0 Å². The predicted molar refractivity (Wildman–Crippen MR) is 77.8 cm³/mol. The molecule has 0 aliphatic rings. The summed E-state index contributed by atoms with van der Waals surface area (Å²) in [5.74, 6) is -0.257. The molecule has 1 heterocycles. The van der Waals surface area contributed by atoms with E-state index in [2.05, 4.69) is 15.6 Å². The van der Waals surface area contributed by atoms with Crippen molar-refractivity contribution in [1.29, 1.82) is 0 Å². The Morgan fingerprint density at radius 1 is 1.29 bits per heavy atom. The summed E-state index contributed by atoms with van der Waals surface area (Å²) in [7, 11) is 0. The van der Waals surface area contributed by atoms with Crippen LogP contribution in [0.1, 0.15) is 50.3 Å². The molecule has 0 saturated heterocycles. The summed E-state index contributed by atoms with van der Waals surface area (Å²) in [5, 5.41) is 10.5. The van der Waals surface area contributed by atoms with Crippen molar-refractivity contribution >= 4 is 11.9 Å². The lowest BCUT2D eigenvalue weighted by Crippen LogP contribution is -2.30. The fourth-order valence-corrected chi connectivity index (χ4v) is 1.67. The van der Waals surface area contributed by atoms with Gasteiger partial charge in [0.1, 0.15) is 0 Å². The zero-order valence-corrected chi connectivity index (χ0v) is 13.3. The molecule has 7 heteroatoms. The minimum atomic E-state index is -0.473. The second-order valence-electron chi connectivity index (χ2n) is 5.71. The van der Waals surface area contributed by atoms with Crippen molar-refractivity contribution in [2.24, 2.45) is 5.92 Å². The van der Waals surface area contributed by atoms with E-state index in [0.29, 0.717) is 25.3 Å². The maximum Gasteiger partial charge on any atom is 0.360 e. The van der Waals surface area contributed by atoms with Gasteiger partial charge in [0.2, 0.25) is 5.91 Å². The average Bonchev–Trinajstić information content (AvgIpc) is 2.74. The summed E-state index contributed by atoms with van der Waals surface area (Å²) in [6, 6.07) is 0.107. The van der Waals surface area contributed by atoms with Crippen molar-refractivity contribution in [1.82, 2.24) is 20.3 Å². The highest BCUT2D eigenvalue weighted by atomic mass is 16.5. The minimum Gasteiger partial charge on any atom is -0.461 e. The minimum absolute atomic E-state index is 0.0520. The van der Waals surface area contributed by atoms with Crippen LogP contribution in [0.3, 0.4) is 0 Å². The van der Waals surface area contributed by atoms with E-state index >= 15 is 0 Å². The number of aromatic nitrogens is 3. The zero-order chi connectivity index (χ0) is 16.0. The van der Waals surface area contributed by atoms with Gasteiger partial charge in [0, 0.05) is 12.5 Å². The Kier molecular flexibility index (Phi) is 6.33.